The second kappa shape index (κ2) is 22.5. The predicted molar refractivity (Wildman–Crippen MR) is 31.1 cm³/mol. The Morgan fingerprint density at radius 3 is 0.571 bits per heavy atom. The molecule has 0 fully saturated rings. The molecular formula is ClFeN3O9-4. The number of nitrogens with zero attached hydrogens (tertiary/aromatic N) is 3. The van der Waals surface area contributed by atoms with Gasteiger partial charge < -0.3 is 58.4 Å². The van der Waals surface area contributed by atoms with Gasteiger partial charge in [0.2, 0.25) is 0 Å². The second-order valence-corrected chi connectivity index (χ2v) is 0.671. The molecule has 0 aliphatic heterocycles. The molecule has 0 rings (SSSR count). The summed E-state index contributed by atoms with van der Waals surface area (Å²) in [6.07, 6.45) is 0. The van der Waals surface area contributed by atoms with Crippen LogP contribution in [0.3, 0.4) is 0 Å². The summed E-state index contributed by atoms with van der Waals surface area (Å²) in [5, 5.41) is 44.2. The van der Waals surface area contributed by atoms with Gasteiger partial charge in [-0.25, -0.2) is 0 Å². The van der Waals surface area contributed by atoms with Crippen LogP contribution in [0.5, 0.6) is 0 Å². The largest absolute Gasteiger partial charge is 1.00 e. The van der Waals surface area contributed by atoms with E-state index in [0.717, 1.165) is 0 Å². The van der Waals surface area contributed by atoms with E-state index in [1.165, 1.54) is 0 Å². The molecule has 0 bridgehead atoms. The van der Waals surface area contributed by atoms with E-state index in [4.69, 9.17) is 46.0 Å². The van der Waals surface area contributed by atoms with E-state index in [9.17, 15) is 0 Å². The Balaban J connectivity index is -0.0000000270. The van der Waals surface area contributed by atoms with Crippen LogP contribution in [0.25, 0.3) is 0 Å². The summed E-state index contributed by atoms with van der Waals surface area (Å²) in [5.74, 6) is 0. The molecule has 0 aromatic carbocycles. The Morgan fingerprint density at radius 2 is 0.571 bits per heavy atom. The maximum Gasteiger partial charge on any atom is 0.0689 e. The molecule has 0 unspecified atom stereocenters. The summed E-state index contributed by atoms with van der Waals surface area (Å²) < 4.78 is 0. The van der Waals surface area contributed by atoms with E-state index >= 15 is 0 Å². The van der Waals surface area contributed by atoms with Crippen LogP contribution in [-0.2, 0) is 17.1 Å². The Labute approximate surface area is 91.3 Å². The molecule has 0 aliphatic rings. The van der Waals surface area contributed by atoms with E-state index in [0.29, 0.717) is 0 Å². The van der Waals surface area contributed by atoms with Crippen LogP contribution in [0.15, 0.2) is 0 Å². The van der Waals surface area contributed by atoms with Crippen LogP contribution < -0.4 is 12.4 Å². The molecule has 0 spiro atoms. The van der Waals surface area contributed by atoms with Gasteiger partial charge in [-0.15, -0.1) is 0 Å². The summed E-state index contributed by atoms with van der Waals surface area (Å²) in [6.45, 7) is 0. The fraction of sp³-hybridized carbons (Fsp3) is 0. The van der Waals surface area contributed by atoms with Crippen molar-refractivity contribution in [2.45, 2.75) is 0 Å². The molecule has 0 saturated carbocycles. The van der Waals surface area contributed by atoms with Crippen molar-refractivity contribution in [3.63, 3.8) is 0 Å². The van der Waals surface area contributed by atoms with Crippen LogP contribution in [0.4, 0.5) is 0 Å². The van der Waals surface area contributed by atoms with Gasteiger partial charge >= 0.3 is 0 Å². The zero-order valence-corrected chi connectivity index (χ0v) is 7.61. The molecule has 88 valence electrons. The maximum absolute atomic E-state index is 8.25. The van der Waals surface area contributed by atoms with Crippen molar-refractivity contribution >= 4 is 0 Å². The first kappa shape index (κ1) is 29.4. The summed E-state index contributed by atoms with van der Waals surface area (Å²) in [6, 6.07) is 0. The molecule has 0 saturated heterocycles. The number of hydrogen-bond acceptors (Lipinski definition) is 9. The minimum Gasteiger partial charge on any atom is -1.00 e. The average Bonchev–Trinajstić information content (AvgIpc) is 1.54. The minimum atomic E-state index is -1.75. The van der Waals surface area contributed by atoms with Crippen LogP contribution in [0.1, 0.15) is 0 Å². The second-order valence-electron chi connectivity index (χ2n) is 0.671. The van der Waals surface area contributed by atoms with E-state index in [2.05, 4.69) is 0 Å². The summed E-state index contributed by atoms with van der Waals surface area (Å²) in [5.41, 5.74) is 0. The third-order valence-corrected chi connectivity index (χ3v) is 0. The Bertz CT molecular complexity index is 118. The van der Waals surface area contributed by atoms with E-state index in [-0.39, 0.29) is 29.5 Å². The molecule has 14 heavy (non-hydrogen) atoms. The topological polar surface area (TPSA) is 199 Å². The normalized spacial score (nSPS) is 5.14. The third kappa shape index (κ3) is 364. The molecular weight excluding hydrogens is 277 g/mol. The molecule has 12 nitrogen and oxygen atoms in total. The molecule has 0 atom stereocenters. The third-order valence-electron chi connectivity index (χ3n) is 0. The van der Waals surface area contributed by atoms with Gasteiger partial charge in [0.1, 0.15) is 0 Å². The smallest absolute Gasteiger partial charge is 0.0689 e. The van der Waals surface area contributed by atoms with Crippen LogP contribution in [-0.4, -0.2) is 15.3 Å². The van der Waals surface area contributed by atoms with Gasteiger partial charge in [0, 0.05) is 17.1 Å². The van der Waals surface area contributed by atoms with Crippen molar-refractivity contribution < 1.29 is 44.7 Å². The van der Waals surface area contributed by atoms with Gasteiger partial charge in [-0.05, 0) is 0 Å². The SMILES string of the molecule is O=[N+]([O-])[O-].O=[N+]([O-])[O-].O=[N+]([O-])[O-].[Cl-].[Fe]. The average molecular weight is 277 g/mol. The molecule has 0 aromatic rings. The molecule has 0 N–H and O–H groups in total. The first-order valence-electron chi connectivity index (χ1n) is 1.64. The van der Waals surface area contributed by atoms with Crippen molar-refractivity contribution in [3.8, 4) is 0 Å². The minimum absolute atomic E-state index is 0. The van der Waals surface area contributed by atoms with E-state index < -0.39 is 15.3 Å². The van der Waals surface area contributed by atoms with Gasteiger partial charge in [0.15, 0.2) is 0 Å². The van der Waals surface area contributed by atoms with Crippen molar-refractivity contribution in [2.24, 2.45) is 0 Å². The van der Waals surface area contributed by atoms with Gasteiger partial charge in [-0.2, -0.15) is 0 Å². The standard InChI is InChI=1S/ClH.Fe.3NO3/c;;3*2-1(3)4/h1H;;;;/q;;3*-1/p-1. The molecule has 14 heteroatoms. The fourth-order valence-electron chi connectivity index (χ4n) is 0. The first-order valence-corrected chi connectivity index (χ1v) is 1.64. The predicted octanol–water partition coefficient (Wildman–Crippen LogP) is -3.72. The zero-order valence-electron chi connectivity index (χ0n) is 5.75. The summed E-state index contributed by atoms with van der Waals surface area (Å²) in [7, 11) is 0. The van der Waals surface area contributed by atoms with Crippen molar-refractivity contribution in [1.82, 2.24) is 0 Å². The van der Waals surface area contributed by atoms with E-state index in [1.807, 2.05) is 0 Å². The Morgan fingerprint density at radius 1 is 0.571 bits per heavy atom. The van der Waals surface area contributed by atoms with Crippen LogP contribution >= 0.6 is 0 Å². The van der Waals surface area contributed by atoms with Crippen LogP contribution in [0.2, 0.25) is 0 Å². The summed E-state index contributed by atoms with van der Waals surface area (Å²) in [4.78, 5) is 24.8. The number of hydrogen-bond donors (Lipinski definition) is 0. The zero-order chi connectivity index (χ0) is 10.7. The molecule has 0 amide bonds. The summed E-state index contributed by atoms with van der Waals surface area (Å²) >= 11 is 0. The Hall–Kier alpha value is -1.59. The number of halogens is 1. The van der Waals surface area contributed by atoms with Crippen LogP contribution in [0, 0.1) is 46.0 Å². The van der Waals surface area contributed by atoms with E-state index in [1.54, 1.807) is 0 Å². The maximum atomic E-state index is 8.25. The first-order chi connectivity index (χ1) is 5.20. The van der Waals surface area contributed by atoms with Crippen molar-refractivity contribution in [3.05, 3.63) is 46.0 Å². The quantitative estimate of drug-likeness (QED) is 0.242. The van der Waals surface area contributed by atoms with Gasteiger partial charge in [0.25, 0.3) is 0 Å². The van der Waals surface area contributed by atoms with Gasteiger partial charge in [-0.1, -0.05) is 0 Å². The van der Waals surface area contributed by atoms with Gasteiger partial charge in [-0.3, -0.25) is 0 Å². The molecule has 0 heterocycles. The molecule has 0 radical (unpaired) electrons. The number of rotatable bonds is 0. The van der Waals surface area contributed by atoms with Crippen molar-refractivity contribution in [2.75, 3.05) is 0 Å². The molecule has 0 aromatic heterocycles. The molecule has 0 aliphatic carbocycles. The monoisotopic (exact) mass is 277 g/mol. The Kier molecular flexibility index (Phi) is 47.3. The fourth-order valence-corrected chi connectivity index (χ4v) is 0. The van der Waals surface area contributed by atoms with Gasteiger partial charge in [0.05, 0.1) is 15.3 Å². The van der Waals surface area contributed by atoms with Crippen molar-refractivity contribution in [1.29, 1.82) is 0 Å².